The summed E-state index contributed by atoms with van der Waals surface area (Å²) in [5.41, 5.74) is -0.996. The van der Waals surface area contributed by atoms with E-state index < -0.39 is 11.5 Å². The fourth-order valence-electron chi connectivity index (χ4n) is 1.39. The third-order valence-corrected chi connectivity index (χ3v) is 2.75. The lowest BCUT2D eigenvalue weighted by atomic mass is 10.3. The van der Waals surface area contributed by atoms with Crippen LogP contribution in [0.15, 0.2) is 12.7 Å². The first-order valence-corrected chi connectivity index (χ1v) is 5.39. The number of nitrogens with one attached hydrogen (secondary N) is 1. The molecule has 1 fully saturated rings. The standard InChI is InChI=1S/C11H18N2O3/c1-3-4-5-8-13(2)10(16)12-11(6-7-11)9(14)15/h3H,1,4-8H2,2H3,(H,12,16)(H,14,15). The Bertz CT molecular complexity index is 298. The van der Waals surface area contributed by atoms with Crippen LogP contribution in [-0.4, -0.2) is 41.1 Å². The van der Waals surface area contributed by atoms with Gasteiger partial charge in [0.25, 0.3) is 0 Å². The first-order valence-electron chi connectivity index (χ1n) is 5.39. The number of hydrogen-bond donors (Lipinski definition) is 2. The minimum atomic E-state index is -0.996. The molecule has 0 spiro atoms. The summed E-state index contributed by atoms with van der Waals surface area (Å²) in [6, 6.07) is -0.316. The van der Waals surface area contributed by atoms with Gasteiger partial charge in [-0.2, -0.15) is 0 Å². The van der Waals surface area contributed by atoms with E-state index in [0.717, 1.165) is 12.8 Å². The normalized spacial score (nSPS) is 16.3. The lowest BCUT2D eigenvalue weighted by Gasteiger charge is -2.20. The number of unbranched alkanes of at least 4 members (excludes halogenated alkanes) is 1. The molecule has 0 unspecified atom stereocenters. The summed E-state index contributed by atoms with van der Waals surface area (Å²) in [6.45, 7) is 4.20. The van der Waals surface area contributed by atoms with E-state index in [0.29, 0.717) is 19.4 Å². The van der Waals surface area contributed by atoms with Crippen LogP contribution in [0.3, 0.4) is 0 Å². The average Bonchev–Trinajstić information content (AvgIpc) is 2.99. The Kier molecular flexibility index (Phi) is 3.93. The molecule has 1 aliphatic rings. The van der Waals surface area contributed by atoms with Gasteiger partial charge in [-0.25, -0.2) is 9.59 Å². The molecule has 5 nitrogen and oxygen atoms in total. The smallest absolute Gasteiger partial charge is 0.329 e. The van der Waals surface area contributed by atoms with Crippen LogP contribution in [0.2, 0.25) is 0 Å². The molecule has 0 aromatic rings. The van der Waals surface area contributed by atoms with Gasteiger partial charge in [-0.05, 0) is 25.7 Å². The van der Waals surface area contributed by atoms with E-state index in [4.69, 9.17) is 5.11 Å². The van der Waals surface area contributed by atoms with Crippen molar-refractivity contribution in [2.45, 2.75) is 31.2 Å². The van der Waals surface area contributed by atoms with Crippen LogP contribution in [0.25, 0.3) is 0 Å². The zero-order valence-electron chi connectivity index (χ0n) is 9.53. The van der Waals surface area contributed by atoms with Crippen molar-refractivity contribution in [1.82, 2.24) is 10.2 Å². The Balaban J connectivity index is 2.34. The lowest BCUT2D eigenvalue weighted by Crippen LogP contribution is -2.48. The molecule has 0 aliphatic heterocycles. The Labute approximate surface area is 95.1 Å². The van der Waals surface area contributed by atoms with Gasteiger partial charge in [0.2, 0.25) is 0 Å². The molecule has 1 rings (SSSR count). The monoisotopic (exact) mass is 226 g/mol. The molecule has 0 atom stereocenters. The second kappa shape index (κ2) is 5.01. The maximum absolute atomic E-state index is 11.6. The molecule has 1 aliphatic carbocycles. The second-order valence-electron chi connectivity index (χ2n) is 4.17. The number of amides is 2. The molecule has 0 radical (unpaired) electrons. The summed E-state index contributed by atoms with van der Waals surface area (Å²) in [5.74, 6) is -0.944. The SMILES string of the molecule is C=CCCCN(C)C(=O)NC1(C(=O)O)CC1. The van der Waals surface area contributed by atoms with Crippen LogP contribution in [-0.2, 0) is 4.79 Å². The van der Waals surface area contributed by atoms with Crippen molar-refractivity contribution in [3.05, 3.63) is 12.7 Å². The summed E-state index contributed by atoms with van der Waals surface area (Å²) < 4.78 is 0. The maximum Gasteiger partial charge on any atom is 0.329 e. The first-order chi connectivity index (χ1) is 7.52. The summed E-state index contributed by atoms with van der Waals surface area (Å²) in [4.78, 5) is 24.0. The van der Waals surface area contributed by atoms with Gasteiger partial charge in [0.15, 0.2) is 0 Å². The largest absolute Gasteiger partial charge is 0.480 e. The number of aliphatic carboxylic acids is 1. The van der Waals surface area contributed by atoms with Crippen LogP contribution in [0.1, 0.15) is 25.7 Å². The quantitative estimate of drug-likeness (QED) is 0.528. The highest BCUT2D eigenvalue weighted by molar-refractivity contribution is 5.88. The first kappa shape index (κ1) is 12.5. The number of hydrogen-bond acceptors (Lipinski definition) is 2. The van der Waals surface area contributed by atoms with Gasteiger partial charge < -0.3 is 15.3 Å². The van der Waals surface area contributed by atoms with Gasteiger partial charge in [0.05, 0.1) is 0 Å². The fraction of sp³-hybridized carbons (Fsp3) is 0.636. The molecule has 0 heterocycles. The van der Waals surface area contributed by atoms with E-state index in [-0.39, 0.29) is 6.03 Å². The number of rotatable bonds is 6. The predicted octanol–water partition coefficient (Wildman–Crippen LogP) is 1.21. The predicted molar refractivity (Wildman–Crippen MR) is 60.2 cm³/mol. The number of allylic oxidation sites excluding steroid dienone is 1. The third-order valence-electron chi connectivity index (χ3n) is 2.75. The van der Waals surface area contributed by atoms with Crippen LogP contribution < -0.4 is 5.32 Å². The van der Waals surface area contributed by atoms with Gasteiger partial charge in [-0.1, -0.05) is 6.08 Å². The number of urea groups is 1. The van der Waals surface area contributed by atoms with E-state index in [1.807, 2.05) is 0 Å². The number of carboxylic acids is 1. The molecular weight excluding hydrogens is 208 g/mol. The molecule has 90 valence electrons. The second-order valence-corrected chi connectivity index (χ2v) is 4.17. The van der Waals surface area contributed by atoms with Gasteiger partial charge in [0.1, 0.15) is 5.54 Å². The zero-order chi connectivity index (χ0) is 12.2. The van der Waals surface area contributed by atoms with Crippen LogP contribution in [0.5, 0.6) is 0 Å². The van der Waals surface area contributed by atoms with Gasteiger partial charge >= 0.3 is 12.0 Å². The van der Waals surface area contributed by atoms with E-state index >= 15 is 0 Å². The summed E-state index contributed by atoms with van der Waals surface area (Å²) in [5, 5.41) is 11.5. The number of nitrogens with zero attached hydrogens (tertiary/aromatic N) is 1. The van der Waals surface area contributed by atoms with Crippen LogP contribution >= 0.6 is 0 Å². The molecule has 0 saturated heterocycles. The number of carbonyl (C=O) groups excluding carboxylic acids is 1. The van der Waals surface area contributed by atoms with Crippen molar-refractivity contribution in [2.24, 2.45) is 0 Å². The van der Waals surface area contributed by atoms with E-state index in [2.05, 4.69) is 11.9 Å². The van der Waals surface area contributed by atoms with Crippen molar-refractivity contribution >= 4 is 12.0 Å². The minimum absolute atomic E-state index is 0.316. The Morgan fingerprint density at radius 3 is 2.62 bits per heavy atom. The highest BCUT2D eigenvalue weighted by Crippen LogP contribution is 2.35. The number of carbonyl (C=O) groups is 2. The Hall–Kier alpha value is -1.52. The summed E-state index contributed by atoms with van der Waals surface area (Å²) >= 11 is 0. The molecular formula is C11H18N2O3. The van der Waals surface area contributed by atoms with E-state index in [1.54, 1.807) is 13.1 Å². The fourth-order valence-corrected chi connectivity index (χ4v) is 1.39. The van der Waals surface area contributed by atoms with Crippen LogP contribution in [0.4, 0.5) is 4.79 Å². The Morgan fingerprint density at radius 2 is 2.19 bits per heavy atom. The summed E-state index contributed by atoms with van der Waals surface area (Å²) in [7, 11) is 1.66. The molecule has 1 saturated carbocycles. The van der Waals surface area contributed by atoms with Gasteiger partial charge in [-0.15, -0.1) is 6.58 Å². The van der Waals surface area contributed by atoms with Crippen molar-refractivity contribution in [1.29, 1.82) is 0 Å². The molecule has 0 bridgehead atoms. The minimum Gasteiger partial charge on any atom is -0.480 e. The molecule has 2 amide bonds. The molecule has 16 heavy (non-hydrogen) atoms. The lowest BCUT2D eigenvalue weighted by molar-refractivity contribution is -0.140. The molecule has 5 heteroatoms. The maximum atomic E-state index is 11.6. The average molecular weight is 226 g/mol. The van der Waals surface area contributed by atoms with Crippen molar-refractivity contribution in [2.75, 3.05) is 13.6 Å². The molecule has 0 aromatic heterocycles. The van der Waals surface area contributed by atoms with E-state index in [9.17, 15) is 9.59 Å². The zero-order valence-corrected chi connectivity index (χ0v) is 9.53. The van der Waals surface area contributed by atoms with Crippen molar-refractivity contribution in [3.8, 4) is 0 Å². The van der Waals surface area contributed by atoms with Crippen molar-refractivity contribution < 1.29 is 14.7 Å². The highest BCUT2D eigenvalue weighted by Gasteiger charge is 2.52. The number of carboxylic acid groups (broad SMARTS) is 1. The van der Waals surface area contributed by atoms with E-state index in [1.165, 1.54) is 4.90 Å². The van der Waals surface area contributed by atoms with Crippen LogP contribution in [0, 0.1) is 0 Å². The van der Waals surface area contributed by atoms with Gasteiger partial charge in [-0.3, -0.25) is 0 Å². The highest BCUT2D eigenvalue weighted by atomic mass is 16.4. The Morgan fingerprint density at radius 1 is 1.56 bits per heavy atom. The molecule has 0 aromatic carbocycles. The summed E-state index contributed by atoms with van der Waals surface area (Å²) in [6.07, 6.45) is 4.53. The topological polar surface area (TPSA) is 69.6 Å². The van der Waals surface area contributed by atoms with Gasteiger partial charge in [0, 0.05) is 13.6 Å². The molecule has 2 N–H and O–H groups in total. The third kappa shape index (κ3) is 2.98. The van der Waals surface area contributed by atoms with Crippen molar-refractivity contribution in [3.63, 3.8) is 0 Å².